The summed E-state index contributed by atoms with van der Waals surface area (Å²) in [7, 11) is -3.16. The number of hydrogen-bond acceptors (Lipinski definition) is 8. The number of carbonyl (C=O) groups excluding carboxylic acids is 1. The summed E-state index contributed by atoms with van der Waals surface area (Å²) in [4.78, 5) is 35.2. The number of piperidine rings is 1. The SMILES string of the molecule is O=C1/C(=C/c2c(N3CCCCC3)nc3ccccn3c2=O)SC(=S)N1[C@H]1CCS(=O)(=O)C1. The molecule has 0 spiro atoms. The third-order valence-corrected chi connectivity index (χ3v) is 9.16. The Labute approximate surface area is 195 Å². The summed E-state index contributed by atoms with van der Waals surface area (Å²) < 4.78 is 25.6. The Morgan fingerprint density at radius 3 is 2.66 bits per heavy atom. The highest BCUT2D eigenvalue weighted by Gasteiger charge is 2.42. The average molecular weight is 491 g/mol. The van der Waals surface area contributed by atoms with E-state index < -0.39 is 15.9 Å². The smallest absolute Gasteiger partial charge is 0.267 e. The fourth-order valence-corrected chi connectivity index (χ4v) is 7.55. The minimum absolute atomic E-state index is 0.0584. The summed E-state index contributed by atoms with van der Waals surface area (Å²) in [6.07, 6.45) is 6.81. The quantitative estimate of drug-likeness (QED) is 0.477. The van der Waals surface area contributed by atoms with Crippen molar-refractivity contribution in [2.24, 2.45) is 0 Å². The van der Waals surface area contributed by atoms with E-state index in [-0.39, 0.29) is 23.0 Å². The van der Waals surface area contributed by atoms with Crippen molar-refractivity contribution in [2.45, 2.75) is 31.7 Å². The first-order valence-corrected chi connectivity index (χ1v) is 13.6. The van der Waals surface area contributed by atoms with Crippen LogP contribution >= 0.6 is 24.0 Å². The van der Waals surface area contributed by atoms with Crippen LogP contribution in [0.5, 0.6) is 0 Å². The van der Waals surface area contributed by atoms with Gasteiger partial charge in [-0.3, -0.25) is 18.9 Å². The molecule has 2 aromatic rings. The first-order valence-electron chi connectivity index (χ1n) is 10.6. The van der Waals surface area contributed by atoms with Crippen LogP contribution in [0.3, 0.4) is 0 Å². The lowest BCUT2D eigenvalue weighted by Gasteiger charge is -2.29. The molecule has 1 atom stereocenters. The molecule has 0 N–H and O–H groups in total. The molecule has 5 heterocycles. The van der Waals surface area contributed by atoms with Crippen LogP contribution in [-0.2, 0) is 14.6 Å². The number of rotatable bonds is 3. The van der Waals surface area contributed by atoms with Gasteiger partial charge in [0.1, 0.15) is 15.8 Å². The number of nitrogens with zero attached hydrogens (tertiary/aromatic N) is 4. The molecule has 8 nitrogen and oxygen atoms in total. The summed E-state index contributed by atoms with van der Waals surface area (Å²) in [6.45, 7) is 1.61. The molecule has 168 valence electrons. The van der Waals surface area contributed by atoms with Crippen LogP contribution in [0, 0.1) is 0 Å². The minimum Gasteiger partial charge on any atom is -0.356 e. The fourth-order valence-electron chi connectivity index (χ4n) is 4.47. The van der Waals surface area contributed by atoms with Gasteiger partial charge in [0.25, 0.3) is 11.5 Å². The third kappa shape index (κ3) is 3.86. The van der Waals surface area contributed by atoms with Gasteiger partial charge in [-0.2, -0.15) is 0 Å². The number of carbonyl (C=O) groups is 1. The predicted molar refractivity (Wildman–Crippen MR) is 130 cm³/mol. The standard InChI is InChI=1S/C21H22N4O4S3/c26-19-15(12-16-20(27)25(21(30)31-16)14-7-11-32(28,29)13-14)18(23-8-3-1-4-9-23)22-17-6-2-5-10-24(17)19/h2,5-6,10,12,14H,1,3-4,7-9,11,13H2/b16-12-/t14-/m0/s1. The van der Waals surface area contributed by atoms with Crippen LogP contribution < -0.4 is 10.5 Å². The van der Waals surface area contributed by atoms with E-state index in [1.165, 1.54) is 9.30 Å². The van der Waals surface area contributed by atoms with Crippen LogP contribution in [-0.4, -0.2) is 63.6 Å². The average Bonchev–Trinajstić information content (AvgIpc) is 3.27. The highest BCUT2D eigenvalue weighted by Crippen LogP contribution is 2.37. The molecule has 3 aliphatic rings. The molecule has 5 rings (SSSR count). The first kappa shape index (κ1) is 21.6. The van der Waals surface area contributed by atoms with Crippen molar-refractivity contribution in [1.82, 2.24) is 14.3 Å². The number of thioether (sulfide) groups is 1. The van der Waals surface area contributed by atoms with E-state index in [9.17, 15) is 18.0 Å². The fraction of sp³-hybridized carbons (Fsp3) is 0.429. The molecule has 0 aliphatic carbocycles. The van der Waals surface area contributed by atoms with Crippen LogP contribution in [0.15, 0.2) is 34.1 Å². The van der Waals surface area contributed by atoms with Gasteiger partial charge in [0.2, 0.25) is 0 Å². The van der Waals surface area contributed by atoms with Crippen molar-refractivity contribution < 1.29 is 13.2 Å². The molecule has 0 bridgehead atoms. The van der Waals surface area contributed by atoms with Gasteiger partial charge in [-0.05, 0) is 43.9 Å². The van der Waals surface area contributed by atoms with Crippen molar-refractivity contribution in [3.05, 3.63) is 45.2 Å². The van der Waals surface area contributed by atoms with E-state index in [1.54, 1.807) is 24.4 Å². The van der Waals surface area contributed by atoms with Gasteiger partial charge in [-0.25, -0.2) is 13.4 Å². The van der Waals surface area contributed by atoms with Gasteiger partial charge in [0.15, 0.2) is 9.84 Å². The normalized spacial score (nSPS) is 24.8. The molecular weight excluding hydrogens is 468 g/mol. The molecule has 0 aromatic carbocycles. The largest absolute Gasteiger partial charge is 0.356 e. The lowest BCUT2D eigenvalue weighted by atomic mass is 10.1. The molecule has 32 heavy (non-hydrogen) atoms. The Bertz CT molecular complexity index is 1310. The predicted octanol–water partition coefficient (Wildman–Crippen LogP) is 2.07. The number of thiocarbonyl (C=S) groups is 1. The van der Waals surface area contributed by atoms with Gasteiger partial charge < -0.3 is 4.90 Å². The Morgan fingerprint density at radius 1 is 1.16 bits per heavy atom. The maximum absolute atomic E-state index is 13.4. The summed E-state index contributed by atoms with van der Waals surface area (Å²) in [5, 5.41) is 0. The van der Waals surface area contributed by atoms with Crippen LogP contribution in [0.4, 0.5) is 5.82 Å². The van der Waals surface area contributed by atoms with Crippen molar-refractivity contribution in [3.8, 4) is 0 Å². The number of hydrogen-bond donors (Lipinski definition) is 0. The Morgan fingerprint density at radius 2 is 1.94 bits per heavy atom. The second-order valence-electron chi connectivity index (χ2n) is 8.24. The maximum Gasteiger partial charge on any atom is 0.267 e. The second kappa shape index (κ2) is 8.27. The van der Waals surface area contributed by atoms with Gasteiger partial charge >= 0.3 is 0 Å². The summed E-state index contributed by atoms with van der Waals surface area (Å²) in [6, 6.07) is 4.94. The van der Waals surface area contributed by atoms with E-state index in [0.29, 0.717) is 32.7 Å². The van der Waals surface area contributed by atoms with Gasteiger partial charge in [0, 0.05) is 19.3 Å². The van der Waals surface area contributed by atoms with E-state index in [2.05, 4.69) is 4.90 Å². The molecule has 3 aliphatic heterocycles. The summed E-state index contributed by atoms with van der Waals surface area (Å²) in [5.41, 5.74) is 0.666. The van der Waals surface area contributed by atoms with E-state index >= 15 is 0 Å². The molecule has 3 saturated heterocycles. The monoisotopic (exact) mass is 490 g/mol. The topological polar surface area (TPSA) is 92.1 Å². The van der Waals surface area contributed by atoms with Gasteiger partial charge in [-0.1, -0.05) is 30.0 Å². The van der Waals surface area contributed by atoms with Gasteiger partial charge in [-0.15, -0.1) is 0 Å². The Balaban J connectivity index is 1.58. The molecule has 1 amide bonds. The zero-order valence-corrected chi connectivity index (χ0v) is 19.7. The van der Waals surface area contributed by atoms with Gasteiger partial charge in [0.05, 0.1) is 28.0 Å². The van der Waals surface area contributed by atoms with Crippen LogP contribution in [0.25, 0.3) is 11.7 Å². The van der Waals surface area contributed by atoms with Crippen molar-refractivity contribution >= 4 is 61.6 Å². The molecular formula is C21H22N4O4S3. The number of aromatic nitrogens is 2. The maximum atomic E-state index is 13.4. The van der Waals surface area contributed by atoms with Crippen LogP contribution in [0.1, 0.15) is 31.2 Å². The lowest BCUT2D eigenvalue weighted by molar-refractivity contribution is -0.123. The van der Waals surface area contributed by atoms with Crippen molar-refractivity contribution in [1.29, 1.82) is 0 Å². The van der Waals surface area contributed by atoms with Crippen molar-refractivity contribution in [3.63, 3.8) is 0 Å². The molecule has 0 unspecified atom stereocenters. The Kier molecular flexibility index (Phi) is 5.58. The molecule has 2 aromatic heterocycles. The zero-order chi connectivity index (χ0) is 22.5. The number of sulfone groups is 1. The molecule has 11 heteroatoms. The van der Waals surface area contributed by atoms with E-state index in [0.717, 1.165) is 44.1 Å². The summed E-state index contributed by atoms with van der Waals surface area (Å²) in [5.74, 6) is 0.216. The number of anilines is 1. The molecule has 3 fully saturated rings. The number of amides is 1. The first-order chi connectivity index (χ1) is 15.3. The highest BCUT2D eigenvalue weighted by atomic mass is 32.2. The van der Waals surface area contributed by atoms with E-state index in [1.807, 2.05) is 6.07 Å². The molecule has 0 radical (unpaired) electrons. The van der Waals surface area contributed by atoms with E-state index in [4.69, 9.17) is 17.2 Å². The Hall–Kier alpha value is -2.24. The number of pyridine rings is 1. The van der Waals surface area contributed by atoms with Crippen LogP contribution in [0.2, 0.25) is 0 Å². The molecule has 0 saturated carbocycles. The minimum atomic E-state index is -3.16. The summed E-state index contributed by atoms with van der Waals surface area (Å²) >= 11 is 6.53. The highest BCUT2D eigenvalue weighted by molar-refractivity contribution is 8.26. The zero-order valence-electron chi connectivity index (χ0n) is 17.3. The van der Waals surface area contributed by atoms with Crippen molar-refractivity contribution in [2.75, 3.05) is 29.5 Å². The third-order valence-electron chi connectivity index (χ3n) is 6.08. The second-order valence-corrected chi connectivity index (χ2v) is 12.1. The number of fused-ring (bicyclic) bond motifs is 1. The lowest BCUT2D eigenvalue weighted by Crippen LogP contribution is -2.39.